The molecule has 1 unspecified atom stereocenters. The molecule has 1 aromatic carbocycles. The molecule has 116 valence electrons. The van der Waals surface area contributed by atoms with Crippen LogP contribution in [0.15, 0.2) is 18.2 Å². The van der Waals surface area contributed by atoms with Crippen molar-refractivity contribution in [2.45, 2.75) is 25.3 Å². The van der Waals surface area contributed by atoms with Gasteiger partial charge in [-0.15, -0.1) is 0 Å². The zero-order valence-corrected chi connectivity index (χ0v) is 13.8. The number of nitrogen functional groups attached to an aromatic ring is 1. The average Bonchev–Trinajstić information content (AvgIpc) is 2.97. The van der Waals surface area contributed by atoms with E-state index >= 15 is 0 Å². The number of rotatable bonds is 6. The van der Waals surface area contributed by atoms with Crippen molar-refractivity contribution in [3.05, 3.63) is 23.2 Å². The van der Waals surface area contributed by atoms with Crippen LogP contribution in [0.25, 0.3) is 0 Å². The van der Waals surface area contributed by atoms with Gasteiger partial charge in [0.2, 0.25) is 5.91 Å². The number of anilines is 2. The standard InChI is InChI=1S/C15H22ClN3OS/c1-19(12-6-8-21-10-12)7-2-3-15(20)18-11-4-5-13(16)14(17)9-11/h4-5,9,12H,2-3,6-8,10,17H2,1H3,(H,18,20). The van der Waals surface area contributed by atoms with E-state index in [1.54, 1.807) is 18.2 Å². The van der Waals surface area contributed by atoms with Crippen LogP contribution in [0.1, 0.15) is 19.3 Å². The number of hydrogen-bond acceptors (Lipinski definition) is 4. The Morgan fingerprint density at radius 1 is 1.57 bits per heavy atom. The third kappa shape index (κ3) is 5.09. The second-order valence-electron chi connectivity index (χ2n) is 5.39. The highest BCUT2D eigenvalue weighted by atomic mass is 35.5. The maximum atomic E-state index is 11.9. The summed E-state index contributed by atoms with van der Waals surface area (Å²) in [5.74, 6) is 2.49. The summed E-state index contributed by atoms with van der Waals surface area (Å²) in [6.07, 6.45) is 2.65. The van der Waals surface area contributed by atoms with Crippen molar-refractivity contribution >= 4 is 40.6 Å². The first-order chi connectivity index (χ1) is 10.1. The molecule has 0 aromatic heterocycles. The minimum atomic E-state index is 0.0194. The molecule has 1 atom stereocenters. The van der Waals surface area contributed by atoms with Crippen molar-refractivity contribution in [1.29, 1.82) is 0 Å². The van der Waals surface area contributed by atoms with Crippen LogP contribution in [0, 0.1) is 0 Å². The molecular weight excluding hydrogens is 306 g/mol. The molecule has 0 radical (unpaired) electrons. The molecule has 1 amide bonds. The van der Waals surface area contributed by atoms with Crippen LogP contribution in [0.3, 0.4) is 0 Å². The monoisotopic (exact) mass is 327 g/mol. The number of nitrogens with one attached hydrogen (secondary N) is 1. The van der Waals surface area contributed by atoms with Crippen LogP contribution in [0.5, 0.6) is 0 Å². The Kier molecular flexibility index (Phi) is 6.21. The zero-order valence-electron chi connectivity index (χ0n) is 12.3. The Balaban J connectivity index is 1.70. The topological polar surface area (TPSA) is 58.4 Å². The summed E-state index contributed by atoms with van der Waals surface area (Å²) in [5, 5.41) is 3.36. The van der Waals surface area contributed by atoms with Gasteiger partial charge < -0.3 is 16.0 Å². The van der Waals surface area contributed by atoms with E-state index in [9.17, 15) is 4.79 Å². The van der Waals surface area contributed by atoms with Crippen LogP contribution >= 0.6 is 23.4 Å². The maximum Gasteiger partial charge on any atom is 0.224 e. The molecule has 1 saturated heterocycles. The first kappa shape index (κ1) is 16.5. The van der Waals surface area contributed by atoms with Crippen molar-refractivity contribution < 1.29 is 4.79 Å². The highest BCUT2D eigenvalue weighted by Gasteiger charge is 2.19. The van der Waals surface area contributed by atoms with E-state index in [2.05, 4.69) is 17.3 Å². The Hall–Kier alpha value is -0.910. The summed E-state index contributed by atoms with van der Waals surface area (Å²) in [4.78, 5) is 14.3. The van der Waals surface area contributed by atoms with Gasteiger partial charge in [-0.05, 0) is 50.4 Å². The van der Waals surface area contributed by atoms with E-state index in [1.807, 2.05) is 11.8 Å². The molecule has 1 heterocycles. The lowest BCUT2D eigenvalue weighted by molar-refractivity contribution is -0.116. The summed E-state index contributed by atoms with van der Waals surface area (Å²) in [7, 11) is 2.15. The SMILES string of the molecule is CN(CCCC(=O)Nc1ccc(Cl)c(N)c1)C1CCSC1. The molecule has 0 aliphatic carbocycles. The van der Waals surface area contributed by atoms with Crippen molar-refractivity contribution in [3.63, 3.8) is 0 Å². The molecule has 1 aromatic rings. The Morgan fingerprint density at radius 2 is 2.38 bits per heavy atom. The minimum Gasteiger partial charge on any atom is -0.397 e. The normalized spacial score (nSPS) is 18.1. The quantitative estimate of drug-likeness (QED) is 0.788. The Morgan fingerprint density at radius 3 is 3.05 bits per heavy atom. The van der Waals surface area contributed by atoms with Gasteiger partial charge in [-0.3, -0.25) is 4.79 Å². The highest BCUT2D eigenvalue weighted by Crippen LogP contribution is 2.23. The van der Waals surface area contributed by atoms with Gasteiger partial charge in [0.05, 0.1) is 10.7 Å². The fourth-order valence-corrected chi connectivity index (χ4v) is 3.80. The highest BCUT2D eigenvalue weighted by molar-refractivity contribution is 7.99. The number of thioether (sulfide) groups is 1. The van der Waals surface area contributed by atoms with Crippen molar-refractivity contribution in [2.75, 3.05) is 36.1 Å². The number of carbonyl (C=O) groups is 1. The molecule has 1 aliphatic rings. The van der Waals surface area contributed by atoms with Gasteiger partial charge in [-0.1, -0.05) is 11.6 Å². The van der Waals surface area contributed by atoms with E-state index < -0.39 is 0 Å². The smallest absolute Gasteiger partial charge is 0.224 e. The number of halogens is 1. The van der Waals surface area contributed by atoms with Crippen molar-refractivity contribution in [1.82, 2.24) is 4.90 Å². The lowest BCUT2D eigenvalue weighted by atomic mass is 10.2. The minimum absolute atomic E-state index is 0.0194. The molecule has 21 heavy (non-hydrogen) atoms. The lowest BCUT2D eigenvalue weighted by Gasteiger charge is -2.23. The van der Waals surface area contributed by atoms with Gasteiger partial charge >= 0.3 is 0 Å². The fourth-order valence-electron chi connectivity index (χ4n) is 2.39. The zero-order chi connectivity index (χ0) is 15.2. The molecule has 1 aliphatic heterocycles. The number of nitrogens with two attached hydrogens (primary N) is 1. The largest absolute Gasteiger partial charge is 0.397 e. The third-order valence-corrected chi connectivity index (χ3v) is 5.21. The third-order valence-electron chi connectivity index (χ3n) is 3.72. The van der Waals surface area contributed by atoms with Crippen molar-refractivity contribution in [3.8, 4) is 0 Å². The molecule has 0 spiro atoms. The van der Waals surface area contributed by atoms with Crippen molar-refractivity contribution in [2.24, 2.45) is 0 Å². The van der Waals surface area contributed by atoms with Gasteiger partial charge in [0, 0.05) is 23.9 Å². The van der Waals surface area contributed by atoms with Crippen LogP contribution in [0.2, 0.25) is 5.02 Å². The average molecular weight is 328 g/mol. The molecule has 0 bridgehead atoms. The molecule has 3 N–H and O–H groups in total. The number of hydrogen-bond donors (Lipinski definition) is 2. The van der Waals surface area contributed by atoms with Gasteiger partial charge in [0.15, 0.2) is 0 Å². The molecule has 4 nitrogen and oxygen atoms in total. The summed E-state index contributed by atoms with van der Waals surface area (Å²) in [6, 6.07) is 5.81. The number of carbonyl (C=O) groups excluding carboxylic acids is 1. The fraction of sp³-hybridized carbons (Fsp3) is 0.533. The predicted octanol–water partition coefficient (Wildman–Crippen LogP) is 3.08. The summed E-state index contributed by atoms with van der Waals surface area (Å²) in [6.45, 7) is 0.960. The van der Waals surface area contributed by atoms with Crippen LogP contribution in [-0.2, 0) is 4.79 Å². The van der Waals surface area contributed by atoms with E-state index in [4.69, 9.17) is 17.3 Å². The Bertz CT molecular complexity index is 492. The summed E-state index contributed by atoms with van der Waals surface area (Å²) in [5.41, 5.74) is 6.89. The van der Waals surface area contributed by atoms with E-state index in [1.165, 1.54) is 17.9 Å². The van der Waals surface area contributed by atoms with Crippen LogP contribution < -0.4 is 11.1 Å². The molecule has 6 heteroatoms. The second kappa shape index (κ2) is 7.92. The Labute approximate surface area is 135 Å². The number of nitrogens with zero attached hydrogens (tertiary/aromatic N) is 1. The summed E-state index contributed by atoms with van der Waals surface area (Å²) >= 11 is 7.86. The second-order valence-corrected chi connectivity index (χ2v) is 6.94. The molecular formula is C15H22ClN3OS. The van der Waals surface area contributed by atoms with Gasteiger partial charge in [-0.2, -0.15) is 11.8 Å². The van der Waals surface area contributed by atoms with Gasteiger partial charge in [-0.25, -0.2) is 0 Å². The lowest BCUT2D eigenvalue weighted by Crippen LogP contribution is -2.32. The summed E-state index contributed by atoms with van der Waals surface area (Å²) < 4.78 is 0. The number of benzene rings is 1. The predicted molar refractivity (Wildman–Crippen MR) is 92.1 cm³/mol. The van der Waals surface area contributed by atoms with Crippen LogP contribution in [0.4, 0.5) is 11.4 Å². The molecule has 2 rings (SSSR count). The van der Waals surface area contributed by atoms with Crippen LogP contribution in [-0.4, -0.2) is 41.9 Å². The van der Waals surface area contributed by atoms with E-state index in [0.717, 1.165) is 13.0 Å². The van der Waals surface area contributed by atoms with E-state index in [-0.39, 0.29) is 5.91 Å². The van der Waals surface area contributed by atoms with Gasteiger partial charge in [0.1, 0.15) is 0 Å². The first-order valence-corrected chi connectivity index (χ1v) is 8.72. The molecule has 1 fully saturated rings. The maximum absolute atomic E-state index is 11.9. The van der Waals surface area contributed by atoms with Gasteiger partial charge in [0.25, 0.3) is 0 Å². The molecule has 0 saturated carbocycles. The van der Waals surface area contributed by atoms with E-state index in [0.29, 0.717) is 28.9 Å². The first-order valence-electron chi connectivity index (χ1n) is 7.19. The number of amides is 1.